The van der Waals surface area contributed by atoms with E-state index in [0.29, 0.717) is 43.9 Å². The normalized spacial score (nSPS) is 19.9. The number of hydrogen-bond acceptors (Lipinski definition) is 9. The number of nitrogens with one attached hydrogen (secondary N) is 1. The van der Waals surface area contributed by atoms with Gasteiger partial charge in [0.2, 0.25) is 11.9 Å². The van der Waals surface area contributed by atoms with Gasteiger partial charge in [-0.15, -0.1) is 0 Å². The SMILES string of the molecule is Cc1nc(NC2CCN(C(=O)OC3CN(C(=O)/C=C/CN4CCOCC4)C3)CC2)n2ncc(C(C)C)c2n1. The molecule has 0 saturated carbocycles. The molecule has 0 aromatic carbocycles. The second-order valence-electron chi connectivity index (χ2n) is 10.6. The molecular formula is C26H38N8O4. The number of morpholine rings is 1. The van der Waals surface area contributed by atoms with E-state index in [4.69, 9.17) is 9.47 Å². The molecule has 3 fully saturated rings. The zero-order valence-electron chi connectivity index (χ0n) is 22.5. The summed E-state index contributed by atoms with van der Waals surface area (Å²) < 4.78 is 12.8. The van der Waals surface area contributed by atoms with E-state index in [9.17, 15) is 9.59 Å². The molecule has 0 bridgehead atoms. The van der Waals surface area contributed by atoms with E-state index < -0.39 is 0 Å². The predicted octanol–water partition coefficient (Wildman–Crippen LogP) is 1.67. The Morgan fingerprint density at radius 1 is 1.13 bits per heavy atom. The summed E-state index contributed by atoms with van der Waals surface area (Å²) in [6, 6.07) is 0.171. The maximum atomic E-state index is 12.7. The number of fused-ring (bicyclic) bond motifs is 1. The third kappa shape index (κ3) is 6.07. The molecule has 12 heteroatoms. The van der Waals surface area contributed by atoms with Gasteiger partial charge in [-0.05, 0) is 25.7 Å². The Hall–Kier alpha value is -3.25. The lowest BCUT2D eigenvalue weighted by Gasteiger charge is -2.39. The molecule has 5 heterocycles. The summed E-state index contributed by atoms with van der Waals surface area (Å²) in [7, 11) is 0. The Morgan fingerprint density at radius 2 is 1.87 bits per heavy atom. The Morgan fingerprint density at radius 3 is 2.58 bits per heavy atom. The van der Waals surface area contributed by atoms with E-state index in [1.165, 1.54) is 0 Å². The van der Waals surface area contributed by atoms with Gasteiger partial charge < -0.3 is 24.6 Å². The average Bonchev–Trinajstić information content (AvgIpc) is 3.31. The van der Waals surface area contributed by atoms with Crippen LogP contribution in [0.1, 0.15) is 44.0 Å². The quantitative estimate of drug-likeness (QED) is 0.538. The smallest absolute Gasteiger partial charge is 0.410 e. The molecule has 3 aliphatic heterocycles. The molecule has 0 atom stereocenters. The monoisotopic (exact) mass is 526 g/mol. The van der Waals surface area contributed by atoms with Crippen molar-refractivity contribution in [3.8, 4) is 0 Å². The molecule has 206 valence electrons. The van der Waals surface area contributed by atoms with Crippen molar-refractivity contribution in [2.24, 2.45) is 0 Å². The van der Waals surface area contributed by atoms with Crippen LogP contribution in [0.5, 0.6) is 0 Å². The summed E-state index contributed by atoms with van der Waals surface area (Å²) >= 11 is 0. The maximum Gasteiger partial charge on any atom is 0.410 e. The molecule has 3 aliphatic rings. The number of piperidine rings is 1. The number of likely N-dealkylation sites (tertiary alicyclic amines) is 2. The van der Waals surface area contributed by atoms with Gasteiger partial charge in [0.05, 0.1) is 32.5 Å². The molecule has 0 unspecified atom stereocenters. The zero-order valence-corrected chi connectivity index (χ0v) is 22.5. The van der Waals surface area contributed by atoms with Crippen LogP contribution in [0.2, 0.25) is 0 Å². The molecule has 3 saturated heterocycles. The first-order chi connectivity index (χ1) is 18.4. The topological polar surface area (TPSA) is 117 Å². The lowest BCUT2D eigenvalue weighted by atomic mass is 10.1. The highest BCUT2D eigenvalue weighted by Crippen LogP contribution is 2.23. The first kappa shape index (κ1) is 26.4. The highest BCUT2D eigenvalue weighted by Gasteiger charge is 2.34. The average molecular weight is 527 g/mol. The third-order valence-electron chi connectivity index (χ3n) is 7.37. The molecule has 1 N–H and O–H groups in total. The number of carbonyl (C=O) groups is 2. The lowest BCUT2D eigenvalue weighted by molar-refractivity contribution is -0.136. The number of amides is 2. The van der Waals surface area contributed by atoms with Gasteiger partial charge in [-0.1, -0.05) is 19.9 Å². The van der Waals surface area contributed by atoms with E-state index >= 15 is 0 Å². The van der Waals surface area contributed by atoms with Gasteiger partial charge in [0.1, 0.15) is 11.9 Å². The Labute approximate surface area is 223 Å². The van der Waals surface area contributed by atoms with Crippen molar-refractivity contribution in [2.75, 3.05) is 64.3 Å². The molecular weight excluding hydrogens is 488 g/mol. The molecule has 0 aliphatic carbocycles. The van der Waals surface area contributed by atoms with Gasteiger partial charge in [-0.2, -0.15) is 14.6 Å². The Balaban J connectivity index is 1.04. The van der Waals surface area contributed by atoms with Crippen LogP contribution in [-0.4, -0.2) is 117 Å². The summed E-state index contributed by atoms with van der Waals surface area (Å²) in [6.07, 6.45) is 6.37. The Bertz CT molecular complexity index is 1160. The van der Waals surface area contributed by atoms with Crippen LogP contribution in [0.15, 0.2) is 18.3 Å². The van der Waals surface area contributed by atoms with Crippen molar-refractivity contribution in [3.05, 3.63) is 29.7 Å². The van der Waals surface area contributed by atoms with Crippen molar-refractivity contribution < 1.29 is 19.1 Å². The molecule has 2 aromatic rings. The van der Waals surface area contributed by atoms with Gasteiger partial charge in [0, 0.05) is 50.4 Å². The molecule has 5 rings (SSSR count). The Kier molecular flexibility index (Phi) is 8.08. The minimum Gasteiger partial charge on any atom is -0.442 e. The highest BCUT2D eigenvalue weighted by molar-refractivity contribution is 5.88. The highest BCUT2D eigenvalue weighted by atomic mass is 16.6. The van der Waals surface area contributed by atoms with Crippen molar-refractivity contribution in [2.45, 2.75) is 51.7 Å². The van der Waals surface area contributed by atoms with Gasteiger partial charge in [-0.3, -0.25) is 9.69 Å². The molecule has 0 spiro atoms. The van der Waals surface area contributed by atoms with E-state index in [1.54, 1.807) is 20.4 Å². The van der Waals surface area contributed by atoms with Crippen molar-refractivity contribution in [1.29, 1.82) is 0 Å². The summed E-state index contributed by atoms with van der Waals surface area (Å²) in [5.74, 6) is 1.66. The predicted molar refractivity (Wildman–Crippen MR) is 141 cm³/mol. The first-order valence-corrected chi connectivity index (χ1v) is 13.6. The fourth-order valence-corrected chi connectivity index (χ4v) is 4.99. The summed E-state index contributed by atoms with van der Waals surface area (Å²) in [4.78, 5) is 39.9. The van der Waals surface area contributed by atoms with Crippen molar-refractivity contribution in [1.82, 2.24) is 34.3 Å². The molecule has 12 nitrogen and oxygen atoms in total. The zero-order chi connectivity index (χ0) is 26.6. The number of carbonyl (C=O) groups excluding carboxylic acids is 2. The number of aromatic nitrogens is 4. The van der Waals surface area contributed by atoms with Gasteiger partial charge in [0.15, 0.2) is 5.65 Å². The fourth-order valence-electron chi connectivity index (χ4n) is 4.99. The molecule has 0 radical (unpaired) electrons. The number of rotatable bonds is 7. The van der Waals surface area contributed by atoms with Gasteiger partial charge >= 0.3 is 6.09 Å². The van der Waals surface area contributed by atoms with Crippen LogP contribution in [0, 0.1) is 6.92 Å². The summed E-state index contributed by atoms with van der Waals surface area (Å²) in [6.45, 7) is 12.2. The standard InChI is InChI=1S/C26H38N8O4/c1-18(2)22-15-27-34-24(22)28-19(3)29-25(34)30-20-6-9-32(10-7-20)26(36)38-21-16-33(17-21)23(35)5-4-8-31-11-13-37-14-12-31/h4-5,15,18,20-21H,6-14,16-17H2,1-3H3,(H,28,29,30)/b5-4+. The minimum atomic E-state index is -0.308. The van der Waals surface area contributed by atoms with Crippen LogP contribution >= 0.6 is 0 Å². The molecule has 38 heavy (non-hydrogen) atoms. The number of ether oxygens (including phenoxy) is 2. The van der Waals surface area contributed by atoms with Crippen LogP contribution in [-0.2, 0) is 14.3 Å². The van der Waals surface area contributed by atoms with Crippen LogP contribution < -0.4 is 5.32 Å². The molecule has 2 aromatic heterocycles. The van der Waals surface area contributed by atoms with Crippen LogP contribution in [0.4, 0.5) is 10.7 Å². The number of nitrogens with zero attached hydrogens (tertiary/aromatic N) is 7. The third-order valence-corrected chi connectivity index (χ3v) is 7.37. The van der Waals surface area contributed by atoms with E-state index in [2.05, 4.69) is 39.1 Å². The molecule has 2 amide bonds. The number of hydrogen-bond donors (Lipinski definition) is 1. The second-order valence-corrected chi connectivity index (χ2v) is 10.6. The largest absolute Gasteiger partial charge is 0.442 e. The minimum absolute atomic E-state index is 0.0378. The maximum absolute atomic E-state index is 12.7. The van der Waals surface area contributed by atoms with Gasteiger partial charge in [-0.25, -0.2) is 9.78 Å². The number of aryl methyl sites for hydroxylation is 1. The lowest BCUT2D eigenvalue weighted by Crippen LogP contribution is -2.56. The number of anilines is 1. The first-order valence-electron chi connectivity index (χ1n) is 13.6. The fraction of sp³-hybridized carbons (Fsp3) is 0.654. The van der Waals surface area contributed by atoms with E-state index in [-0.39, 0.29) is 24.1 Å². The van der Waals surface area contributed by atoms with Gasteiger partial charge in [0.25, 0.3) is 0 Å². The summed E-state index contributed by atoms with van der Waals surface area (Å²) in [5, 5.41) is 8.01. The van der Waals surface area contributed by atoms with Crippen molar-refractivity contribution >= 4 is 23.6 Å². The van der Waals surface area contributed by atoms with E-state index in [0.717, 1.165) is 56.9 Å². The summed E-state index contributed by atoms with van der Waals surface area (Å²) in [5.41, 5.74) is 1.92. The van der Waals surface area contributed by atoms with Crippen molar-refractivity contribution in [3.63, 3.8) is 0 Å². The van der Waals surface area contributed by atoms with Crippen LogP contribution in [0.3, 0.4) is 0 Å². The van der Waals surface area contributed by atoms with Crippen LogP contribution in [0.25, 0.3) is 5.65 Å². The second kappa shape index (κ2) is 11.6. The van der Waals surface area contributed by atoms with E-state index in [1.807, 2.05) is 19.2 Å².